The first-order valence-corrected chi connectivity index (χ1v) is 12.6. The smallest absolute Gasteiger partial charge is 0.336 e. The Morgan fingerprint density at radius 1 is 1.00 bits per heavy atom. The Morgan fingerprint density at radius 2 is 1.79 bits per heavy atom. The van der Waals surface area contributed by atoms with Crippen molar-refractivity contribution in [1.29, 1.82) is 0 Å². The molecular weight excluding hydrogens is 440 g/mol. The number of anilines is 1. The van der Waals surface area contributed by atoms with E-state index in [0.29, 0.717) is 12.1 Å². The fourth-order valence-electron chi connectivity index (χ4n) is 4.33. The molecule has 0 radical (unpaired) electrons. The van der Waals surface area contributed by atoms with E-state index in [-0.39, 0.29) is 0 Å². The first kappa shape index (κ1) is 23.7. The summed E-state index contributed by atoms with van der Waals surface area (Å²) in [6.07, 6.45) is 5.27. The lowest BCUT2D eigenvalue weighted by Crippen LogP contribution is -2.23. The summed E-state index contributed by atoms with van der Waals surface area (Å²) in [5.74, 6) is -0.906. The van der Waals surface area contributed by atoms with E-state index in [4.69, 9.17) is 0 Å². The highest BCUT2D eigenvalue weighted by Crippen LogP contribution is 2.31. The zero-order valence-corrected chi connectivity index (χ0v) is 20.5. The van der Waals surface area contributed by atoms with Crippen LogP contribution in [-0.2, 0) is 19.5 Å². The molecule has 0 aliphatic carbocycles. The molecule has 0 saturated carbocycles. The number of aromatic carboxylic acids is 1. The Bertz CT molecular complexity index is 1250. The Labute approximate surface area is 205 Å². The van der Waals surface area contributed by atoms with Gasteiger partial charge in [-0.15, -0.1) is 11.3 Å². The van der Waals surface area contributed by atoms with Gasteiger partial charge in [0, 0.05) is 23.3 Å². The van der Waals surface area contributed by atoms with Crippen molar-refractivity contribution in [3.8, 4) is 11.1 Å². The van der Waals surface area contributed by atoms with Crippen molar-refractivity contribution in [3.63, 3.8) is 0 Å². The SMILES string of the molecule is CCCCc1ccccc1N(Cc1ccc(C(=O)O)c(-c2ccccc2C)c1)Cc1cncs1. The van der Waals surface area contributed by atoms with Gasteiger partial charge in [-0.25, -0.2) is 4.79 Å². The molecule has 34 heavy (non-hydrogen) atoms. The summed E-state index contributed by atoms with van der Waals surface area (Å²) in [4.78, 5) is 19.9. The third-order valence-electron chi connectivity index (χ3n) is 6.09. The molecule has 0 unspecified atom stereocenters. The molecular formula is C29H30N2O2S. The van der Waals surface area contributed by atoms with Crippen molar-refractivity contribution in [3.05, 3.63) is 106 Å². The van der Waals surface area contributed by atoms with Gasteiger partial charge in [-0.1, -0.05) is 61.9 Å². The molecule has 4 rings (SSSR count). The van der Waals surface area contributed by atoms with Crippen LogP contribution in [0.2, 0.25) is 0 Å². The average Bonchev–Trinajstić information content (AvgIpc) is 3.36. The van der Waals surface area contributed by atoms with Gasteiger partial charge in [0.2, 0.25) is 0 Å². The number of hydrogen-bond acceptors (Lipinski definition) is 4. The summed E-state index contributed by atoms with van der Waals surface area (Å²) in [6.45, 7) is 5.68. The van der Waals surface area contributed by atoms with E-state index in [0.717, 1.165) is 48.1 Å². The molecule has 0 amide bonds. The quantitative estimate of drug-likeness (QED) is 0.263. The van der Waals surface area contributed by atoms with Gasteiger partial charge in [-0.05, 0) is 65.8 Å². The standard InChI is InChI=1S/C29H30N2O2S/c1-3-4-10-23-11-6-8-13-28(23)31(19-24-17-30-20-34-24)18-22-14-15-26(29(32)33)27(16-22)25-12-7-5-9-21(25)2/h5-9,11-17,20H,3-4,10,18-19H2,1-2H3,(H,32,33). The number of rotatable bonds is 10. The van der Waals surface area contributed by atoms with Crippen LogP contribution in [-0.4, -0.2) is 16.1 Å². The number of carboxylic acid groups (broad SMARTS) is 1. The predicted octanol–water partition coefficient (Wildman–Crippen LogP) is 7.37. The molecule has 3 aromatic carbocycles. The fourth-order valence-corrected chi connectivity index (χ4v) is 4.94. The first-order valence-electron chi connectivity index (χ1n) is 11.7. The van der Waals surface area contributed by atoms with Gasteiger partial charge in [0.15, 0.2) is 0 Å². The summed E-state index contributed by atoms with van der Waals surface area (Å²) >= 11 is 1.66. The molecule has 1 aromatic heterocycles. The minimum Gasteiger partial charge on any atom is -0.478 e. The molecule has 0 fully saturated rings. The minimum atomic E-state index is -0.906. The van der Waals surface area contributed by atoms with Crippen molar-refractivity contribution in [2.24, 2.45) is 0 Å². The van der Waals surface area contributed by atoms with E-state index < -0.39 is 5.97 Å². The fraction of sp³-hybridized carbons (Fsp3) is 0.241. The maximum atomic E-state index is 12.0. The van der Waals surface area contributed by atoms with Gasteiger partial charge in [0.05, 0.1) is 17.6 Å². The van der Waals surface area contributed by atoms with Crippen molar-refractivity contribution < 1.29 is 9.90 Å². The molecule has 1 heterocycles. The van der Waals surface area contributed by atoms with Gasteiger partial charge >= 0.3 is 5.97 Å². The molecule has 5 heteroatoms. The summed E-state index contributed by atoms with van der Waals surface area (Å²) in [5.41, 5.74) is 8.63. The van der Waals surface area contributed by atoms with Gasteiger partial charge in [0.25, 0.3) is 0 Å². The number of aryl methyl sites for hydroxylation is 2. The van der Waals surface area contributed by atoms with Gasteiger partial charge in [-0.3, -0.25) is 4.98 Å². The lowest BCUT2D eigenvalue weighted by atomic mass is 9.94. The number of nitrogens with zero attached hydrogens (tertiary/aromatic N) is 2. The third kappa shape index (κ3) is 5.54. The highest BCUT2D eigenvalue weighted by molar-refractivity contribution is 7.09. The van der Waals surface area contributed by atoms with E-state index in [2.05, 4.69) is 41.1 Å². The summed E-state index contributed by atoms with van der Waals surface area (Å²) in [6, 6.07) is 22.3. The highest BCUT2D eigenvalue weighted by atomic mass is 32.1. The molecule has 4 aromatic rings. The average molecular weight is 471 g/mol. The molecule has 0 atom stereocenters. The largest absolute Gasteiger partial charge is 0.478 e. The number of aromatic nitrogens is 1. The normalized spacial score (nSPS) is 10.9. The van der Waals surface area contributed by atoms with Gasteiger partial charge < -0.3 is 10.0 Å². The molecule has 4 nitrogen and oxygen atoms in total. The van der Waals surface area contributed by atoms with Crippen LogP contribution in [0.4, 0.5) is 5.69 Å². The van der Waals surface area contributed by atoms with E-state index in [9.17, 15) is 9.90 Å². The zero-order chi connectivity index (χ0) is 23.9. The van der Waals surface area contributed by atoms with Crippen molar-refractivity contribution in [1.82, 2.24) is 4.98 Å². The minimum absolute atomic E-state index is 0.329. The number of carboxylic acids is 1. The van der Waals surface area contributed by atoms with Crippen molar-refractivity contribution in [2.45, 2.75) is 46.2 Å². The number of carbonyl (C=O) groups is 1. The van der Waals surface area contributed by atoms with Gasteiger partial charge in [-0.2, -0.15) is 0 Å². The number of benzene rings is 3. The van der Waals surface area contributed by atoms with Crippen LogP contribution in [0, 0.1) is 6.92 Å². The molecule has 174 valence electrons. The molecule has 0 aliphatic heterocycles. The molecule has 1 N–H and O–H groups in total. The second-order valence-corrected chi connectivity index (χ2v) is 9.53. The topological polar surface area (TPSA) is 53.4 Å². The zero-order valence-electron chi connectivity index (χ0n) is 19.7. The summed E-state index contributed by atoms with van der Waals surface area (Å²) in [7, 11) is 0. The molecule has 0 aliphatic rings. The van der Waals surface area contributed by atoms with Crippen LogP contribution < -0.4 is 4.90 Å². The van der Waals surface area contributed by atoms with Crippen LogP contribution in [0.1, 0.15) is 51.7 Å². The Kier molecular flexibility index (Phi) is 7.76. The second kappa shape index (κ2) is 11.1. The maximum absolute atomic E-state index is 12.0. The van der Waals surface area contributed by atoms with Crippen molar-refractivity contribution in [2.75, 3.05) is 4.90 Å². The van der Waals surface area contributed by atoms with Crippen molar-refractivity contribution >= 4 is 23.0 Å². The number of para-hydroxylation sites is 1. The van der Waals surface area contributed by atoms with Gasteiger partial charge in [0.1, 0.15) is 0 Å². The molecule has 0 saturated heterocycles. The number of hydrogen-bond donors (Lipinski definition) is 1. The van der Waals surface area contributed by atoms with Crippen LogP contribution in [0.5, 0.6) is 0 Å². The summed E-state index contributed by atoms with van der Waals surface area (Å²) in [5, 5.41) is 9.84. The second-order valence-electron chi connectivity index (χ2n) is 8.56. The first-order chi connectivity index (χ1) is 16.6. The Balaban J connectivity index is 1.74. The number of unbranched alkanes of at least 4 members (excludes halogenated alkanes) is 1. The third-order valence-corrected chi connectivity index (χ3v) is 6.85. The van der Waals surface area contributed by atoms with E-state index >= 15 is 0 Å². The molecule has 0 spiro atoms. The summed E-state index contributed by atoms with van der Waals surface area (Å²) < 4.78 is 0. The monoisotopic (exact) mass is 470 g/mol. The van der Waals surface area contributed by atoms with Crippen LogP contribution in [0.25, 0.3) is 11.1 Å². The predicted molar refractivity (Wildman–Crippen MR) is 141 cm³/mol. The highest BCUT2D eigenvalue weighted by Gasteiger charge is 2.17. The molecule has 0 bridgehead atoms. The number of thiazole rings is 1. The van der Waals surface area contributed by atoms with E-state index in [1.807, 2.05) is 55.0 Å². The lowest BCUT2D eigenvalue weighted by molar-refractivity contribution is 0.0697. The maximum Gasteiger partial charge on any atom is 0.336 e. The lowest BCUT2D eigenvalue weighted by Gasteiger charge is -2.27. The van der Waals surface area contributed by atoms with E-state index in [1.54, 1.807) is 17.4 Å². The van der Waals surface area contributed by atoms with Crippen LogP contribution in [0.3, 0.4) is 0 Å². The van der Waals surface area contributed by atoms with E-state index in [1.165, 1.54) is 16.1 Å². The van der Waals surface area contributed by atoms with Crippen LogP contribution in [0.15, 0.2) is 78.4 Å². The Morgan fingerprint density at radius 3 is 2.53 bits per heavy atom. The Hall–Kier alpha value is -3.44. The van der Waals surface area contributed by atoms with Crippen LogP contribution >= 0.6 is 11.3 Å².